The SMILES string of the molecule is OCc1ccc(CN2CCN(Cc3ccc(-c4ccc(C(O)(C(F)(F)F)C(F)(F)F)cc4)cc3)CC2)cc1. The highest BCUT2D eigenvalue weighted by Gasteiger charge is 2.71. The Bertz CT molecular complexity index is 1170. The average molecular weight is 539 g/mol. The second kappa shape index (κ2) is 11.1. The molecule has 0 aliphatic carbocycles. The molecule has 204 valence electrons. The lowest BCUT2D eigenvalue weighted by Crippen LogP contribution is -2.53. The third-order valence-corrected chi connectivity index (χ3v) is 6.89. The molecule has 3 aromatic rings. The molecule has 0 radical (unpaired) electrons. The molecule has 0 saturated carbocycles. The van der Waals surface area contributed by atoms with E-state index in [4.69, 9.17) is 5.11 Å². The summed E-state index contributed by atoms with van der Waals surface area (Å²) in [6, 6.07) is 18.8. The molecule has 10 heteroatoms. The number of piperazine rings is 1. The van der Waals surface area contributed by atoms with Crippen LogP contribution < -0.4 is 0 Å². The first-order valence-electron chi connectivity index (χ1n) is 12.1. The van der Waals surface area contributed by atoms with E-state index in [-0.39, 0.29) is 6.61 Å². The van der Waals surface area contributed by atoms with Gasteiger partial charge in [0.15, 0.2) is 0 Å². The maximum Gasteiger partial charge on any atom is 0.430 e. The first kappa shape index (κ1) is 28.1. The van der Waals surface area contributed by atoms with Gasteiger partial charge in [-0.3, -0.25) is 9.80 Å². The fraction of sp³-hybridized carbons (Fsp3) is 0.357. The van der Waals surface area contributed by atoms with Gasteiger partial charge in [0.1, 0.15) is 0 Å². The summed E-state index contributed by atoms with van der Waals surface area (Å²) in [5, 5.41) is 18.7. The van der Waals surface area contributed by atoms with Crippen LogP contribution in [0.4, 0.5) is 26.3 Å². The first-order valence-corrected chi connectivity index (χ1v) is 12.1. The molecule has 0 amide bonds. The molecule has 4 nitrogen and oxygen atoms in total. The van der Waals surface area contributed by atoms with Gasteiger partial charge in [-0.2, -0.15) is 26.3 Å². The second-order valence-corrected chi connectivity index (χ2v) is 9.51. The average Bonchev–Trinajstić information content (AvgIpc) is 2.89. The molecule has 1 aliphatic rings. The van der Waals surface area contributed by atoms with Gasteiger partial charge >= 0.3 is 12.4 Å². The van der Waals surface area contributed by atoms with Crippen molar-refractivity contribution in [2.24, 2.45) is 0 Å². The molecule has 0 bridgehead atoms. The number of halogens is 6. The van der Waals surface area contributed by atoms with E-state index >= 15 is 0 Å². The van der Waals surface area contributed by atoms with Gasteiger partial charge in [0, 0.05) is 44.8 Å². The Morgan fingerprint density at radius 3 is 1.26 bits per heavy atom. The van der Waals surface area contributed by atoms with Gasteiger partial charge in [-0.25, -0.2) is 0 Å². The fourth-order valence-electron chi connectivity index (χ4n) is 4.57. The van der Waals surface area contributed by atoms with Crippen LogP contribution in [0.3, 0.4) is 0 Å². The Labute approximate surface area is 216 Å². The number of rotatable bonds is 7. The zero-order chi connectivity index (χ0) is 27.6. The molecule has 1 saturated heterocycles. The van der Waals surface area contributed by atoms with Crippen molar-refractivity contribution in [1.29, 1.82) is 0 Å². The van der Waals surface area contributed by atoms with Gasteiger partial charge in [0.25, 0.3) is 5.60 Å². The van der Waals surface area contributed by atoms with Crippen LogP contribution in [0.15, 0.2) is 72.8 Å². The minimum atomic E-state index is -5.91. The monoisotopic (exact) mass is 538 g/mol. The third kappa shape index (κ3) is 6.04. The van der Waals surface area contributed by atoms with Crippen LogP contribution in [0.2, 0.25) is 0 Å². The highest BCUT2D eigenvalue weighted by Crippen LogP contribution is 2.50. The molecular formula is C28H28F6N2O2. The summed E-state index contributed by atoms with van der Waals surface area (Å²) in [5.41, 5.74) is -2.01. The predicted molar refractivity (Wildman–Crippen MR) is 131 cm³/mol. The summed E-state index contributed by atoms with van der Waals surface area (Å²) in [4.78, 5) is 4.69. The van der Waals surface area contributed by atoms with E-state index < -0.39 is 23.5 Å². The number of hydrogen-bond donors (Lipinski definition) is 2. The van der Waals surface area contributed by atoms with Crippen LogP contribution in [-0.2, 0) is 25.3 Å². The first-order chi connectivity index (χ1) is 17.9. The molecule has 0 atom stereocenters. The van der Waals surface area contributed by atoms with Crippen LogP contribution in [-0.4, -0.2) is 58.5 Å². The van der Waals surface area contributed by atoms with E-state index in [1.807, 2.05) is 36.4 Å². The molecule has 1 fully saturated rings. The molecule has 38 heavy (non-hydrogen) atoms. The lowest BCUT2D eigenvalue weighted by atomic mass is 9.90. The highest BCUT2D eigenvalue weighted by molar-refractivity contribution is 5.64. The summed E-state index contributed by atoms with van der Waals surface area (Å²) < 4.78 is 78.6. The molecule has 0 aromatic heterocycles. The van der Waals surface area contributed by atoms with Gasteiger partial charge in [-0.1, -0.05) is 72.8 Å². The van der Waals surface area contributed by atoms with Gasteiger partial charge < -0.3 is 10.2 Å². The number of hydrogen-bond acceptors (Lipinski definition) is 4. The highest BCUT2D eigenvalue weighted by atomic mass is 19.4. The van der Waals surface area contributed by atoms with Crippen molar-refractivity contribution in [1.82, 2.24) is 9.80 Å². The summed E-state index contributed by atoms with van der Waals surface area (Å²) in [7, 11) is 0. The van der Waals surface area contributed by atoms with Crippen molar-refractivity contribution in [2.45, 2.75) is 37.7 Å². The number of benzene rings is 3. The van der Waals surface area contributed by atoms with Crippen LogP contribution in [0, 0.1) is 0 Å². The second-order valence-electron chi connectivity index (χ2n) is 9.51. The number of aliphatic hydroxyl groups is 2. The van der Waals surface area contributed by atoms with Crippen molar-refractivity contribution in [2.75, 3.05) is 26.2 Å². The topological polar surface area (TPSA) is 46.9 Å². The molecule has 1 aliphatic heterocycles. The maximum absolute atomic E-state index is 13.1. The summed E-state index contributed by atoms with van der Waals surface area (Å²) in [6.45, 7) is 5.20. The Kier molecular flexibility index (Phi) is 8.17. The van der Waals surface area contributed by atoms with Gasteiger partial charge in [0.2, 0.25) is 0 Å². The van der Waals surface area contributed by atoms with Crippen LogP contribution in [0.1, 0.15) is 22.3 Å². The fourth-order valence-corrected chi connectivity index (χ4v) is 4.57. The lowest BCUT2D eigenvalue weighted by molar-refractivity contribution is -0.376. The smallest absolute Gasteiger partial charge is 0.392 e. The van der Waals surface area contributed by atoms with E-state index in [0.29, 0.717) is 23.3 Å². The van der Waals surface area contributed by atoms with Crippen molar-refractivity contribution in [3.63, 3.8) is 0 Å². The predicted octanol–water partition coefficient (Wildman–Crippen LogP) is 5.48. The normalized spacial score (nSPS) is 16.1. The van der Waals surface area contributed by atoms with Crippen molar-refractivity contribution in [3.05, 3.63) is 95.1 Å². The Hall–Kier alpha value is -2.92. The van der Waals surface area contributed by atoms with E-state index in [2.05, 4.69) is 9.80 Å². The summed E-state index contributed by atoms with van der Waals surface area (Å²) in [6.07, 6.45) is -11.8. The zero-order valence-electron chi connectivity index (χ0n) is 20.4. The zero-order valence-corrected chi connectivity index (χ0v) is 20.4. The molecular weight excluding hydrogens is 510 g/mol. The summed E-state index contributed by atoms with van der Waals surface area (Å²) in [5.74, 6) is 0. The third-order valence-electron chi connectivity index (χ3n) is 6.89. The van der Waals surface area contributed by atoms with Crippen LogP contribution in [0.5, 0.6) is 0 Å². The van der Waals surface area contributed by atoms with E-state index in [1.165, 1.54) is 5.56 Å². The standard InChI is InChI=1S/C28H28F6N2O2/c29-27(30,31)26(38,28(32,33)34)25-11-9-24(10-12-25)23-7-5-21(6-8-23)18-36-15-13-35(14-16-36)17-20-1-3-22(19-37)4-2-20/h1-12,37-38H,13-19H2. The van der Waals surface area contributed by atoms with Crippen LogP contribution in [0.25, 0.3) is 11.1 Å². The molecule has 0 spiro atoms. The maximum atomic E-state index is 13.1. The Morgan fingerprint density at radius 1 is 0.553 bits per heavy atom. The number of alkyl halides is 6. The van der Waals surface area contributed by atoms with E-state index in [9.17, 15) is 31.4 Å². The van der Waals surface area contributed by atoms with Crippen molar-refractivity contribution in [3.8, 4) is 11.1 Å². The number of aliphatic hydroxyl groups excluding tert-OH is 1. The van der Waals surface area contributed by atoms with Gasteiger partial charge in [0.05, 0.1) is 6.61 Å². The Balaban J connectivity index is 1.34. The molecule has 0 unspecified atom stereocenters. The molecule has 2 N–H and O–H groups in total. The van der Waals surface area contributed by atoms with Crippen LogP contribution >= 0.6 is 0 Å². The molecule has 3 aromatic carbocycles. The van der Waals surface area contributed by atoms with Crippen molar-refractivity contribution >= 4 is 0 Å². The molecule has 1 heterocycles. The van der Waals surface area contributed by atoms with Crippen molar-refractivity contribution < 1.29 is 36.6 Å². The minimum absolute atomic E-state index is 0.0283. The Morgan fingerprint density at radius 2 is 0.895 bits per heavy atom. The van der Waals surface area contributed by atoms with E-state index in [0.717, 1.165) is 62.5 Å². The van der Waals surface area contributed by atoms with E-state index in [1.54, 1.807) is 12.1 Å². The molecule has 4 rings (SSSR count). The lowest BCUT2D eigenvalue weighted by Gasteiger charge is -2.34. The largest absolute Gasteiger partial charge is 0.430 e. The quantitative estimate of drug-likeness (QED) is 0.392. The minimum Gasteiger partial charge on any atom is -0.392 e. The van der Waals surface area contributed by atoms with Gasteiger partial charge in [-0.15, -0.1) is 0 Å². The summed E-state index contributed by atoms with van der Waals surface area (Å²) >= 11 is 0. The number of nitrogens with zero attached hydrogens (tertiary/aromatic N) is 2. The van der Waals surface area contributed by atoms with Gasteiger partial charge in [-0.05, 0) is 27.8 Å².